The fourth-order valence-corrected chi connectivity index (χ4v) is 1.57. The highest BCUT2D eigenvalue weighted by Crippen LogP contribution is 1.94. The van der Waals surface area contributed by atoms with Gasteiger partial charge in [0.1, 0.15) is 0 Å². The van der Waals surface area contributed by atoms with E-state index in [2.05, 4.69) is 21.3 Å². The molecule has 0 spiro atoms. The van der Waals surface area contributed by atoms with Crippen molar-refractivity contribution in [3.63, 3.8) is 0 Å². The van der Waals surface area contributed by atoms with Crippen LogP contribution in [0.5, 0.6) is 0 Å². The van der Waals surface area contributed by atoms with Gasteiger partial charge in [0.05, 0.1) is 0 Å². The third-order valence-electron chi connectivity index (χ3n) is 2.63. The number of nitrogens with two attached hydrogens (primary N) is 2. The Kier molecular flexibility index (Phi) is 3.91. The van der Waals surface area contributed by atoms with Crippen LogP contribution in [0.2, 0.25) is 0 Å². The van der Waals surface area contributed by atoms with Crippen molar-refractivity contribution >= 4 is 11.4 Å². The lowest BCUT2D eigenvalue weighted by atomic mass is 10.4. The third-order valence-corrected chi connectivity index (χ3v) is 2.63. The number of allylic oxidation sites excluding steroid dienone is 2. The highest BCUT2D eigenvalue weighted by molar-refractivity contribution is 5.32. The molecule has 0 saturated heterocycles. The number of hydrogen-bond acceptors (Lipinski definition) is 2. The minimum Gasteiger partial charge on any atom is -0.398 e. The SMILES string of the molecule is Nc1cc[n+](C/C=C/C[n+]2ccc(N)cc2)cc1. The van der Waals surface area contributed by atoms with E-state index in [9.17, 15) is 0 Å². The Bertz CT molecular complexity index is 465. The summed E-state index contributed by atoms with van der Waals surface area (Å²) in [7, 11) is 0. The van der Waals surface area contributed by atoms with Gasteiger partial charge in [0.15, 0.2) is 37.9 Å². The van der Waals surface area contributed by atoms with E-state index in [0.717, 1.165) is 24.5 Å². The average molecular weight is 242 g/mol. The second kappa shape index (κ2) is 5.82. The molecule has 2 aromatic rings. The van der Waals surface area contributed by atoms with Crippen LogP contribution in [0.4, 0.5) is 11.4 Å². The molecule has 4 heteroatoms. The van der Waals surface area contributed by atoms with Gasteiger partial charge in [-0.1, -0.05) is 0 Å². The summed E-state index contributed by atoms with van der Waals surface area (Å²) < 4.78 is 4.14. The zero-order chi connectivity index (χ0) is 12.8. The van der Waals surface area contributed by atoms with Gasteiger partial charge in [-0.15, -0.1) is 0 Å². The van der Waals surface area contributed by atoms with Gasteiger partial charge in [-0.3, -0.25) is 0 Å². The van der Waals surface area contributed by atoms with E-state index in [1.807, 2.05) is 49.1 Å². The molecule has 0 amide bonds. The molecule has 4 nitrogen and oxygen atoms in total. The Hall–Kier alpha value is -2.36. The Morgan fingerprint density at radius 1 is 0.722 bits per heavy atom. The molecule has 0 fully saturated rings. The van der Waals surface area contributed by atoms with Crippen LogP contribution in [-0.2, 0) is 13.1 Å². The Labute approximate surface area is 107 Å². The maximum Gasteiger partial charge on any atom is 0.171 e. The Balaban J connectivity index is 1.85. The Morgan fingerprint density at radius 3 is 1.39 bits per heavy atom. The van der Waals surface area contributed by atoms with Gasteiger partial charge < -0.3 is 11.5 Å². The van der Waals surface area contributed by atoms with Gasteiger partial charge >= 0.3 is 0 Å². The second-order valence-electron chi connectivity index (χ2n) is 4.13. The molecule has 0 atom stereocenters. The first-order valence-electron chi connectivity index (χ1n) is 5.88. The van der Waals surface area contributed by atoms with Gasteiger partial charge in [-0.25, -0.2) is 9.13 Å². The van der Waals surface area contributed by atoms with Crippen LogP contribution < -0.4 is 20.6 Å². The molecule has 0 unspecified atom stereocenters. The molecule has 92 valence electrons. The molecular weight excluding hydrogens is 224 g/mol. The van der Waals surface area contributed by atoms with Gasteiger partial charge in [-0.05, 0) is 12.2 Å². The summed E-state index contributed by atoms with van der Waals surface area (Å²) in [6.07, 6.45) is 12.1. The summed E-state index contributed by atoms with van der Waals surface area (Å²) in [6, 6.07) is 7.57. The Morgan fingerprint density at radius 2 is 1.06 bits per heavy atom. The molecule has 0 aliphatic carbocycles. The summed E-state index contributed by atoms with van der Waals surface area (Å²) in [5, 5.41) is 0. The number of rotatable bonds is 4. The normalized spacial score (nSPS) is 10.9. The van der Waals surface area contributed by atoms with Crippen LogP contribution in [0, 0.1) is 0 Å². The molecule has 2 heterocycles. The average Bonchev–Trinajstić information content (AvgIpc) is 2.39. The standard InChI is InChI=1S/C14H16N4/c15-13-3-9-17(10-4-13)7-1-2-8-18-11-5-14(16)6-12-18/h1-6,9-12,15-16H,7-8H2/p+2/b2-1+. The largest absolute Gasteiger partial charge is 0.398 e. The van der Waals surface area contributed by atoms with E-state index in [0.29, 0.717) is 0 Å². The fourth-order valence-electron chi connectivity index (χ4n) is 1.57. The van der Waals surface area contributed by atoms with Crippen molar-refractivity contribution in [1.82, 2.24) is 0 Å². The lowest BCUT2D eigenvalue weighted by molar-refractivity contribution is -0.691. The monoisotopic (exact) mass is 242 g/mol. The van der Waals surface area contributed by atoms with Crippen molar-refractivity contribution in [2.45, 2.75) is 13.1 Å². The van der Waals surface area contributed by atoms with E-state index in [4.69, 9.17) is 11.5 Å². The molecule has 0 aromatic carbocycles. The zero-order valence-corrected chi connectivity index (χ0v) is 10.2. The first-order valence-corrected chi connectivity index (χ1v) is 5.88. The summed E-state index contributed by atoms with van der Waals surface area (Å²) in [5.74, 6) is 0. The van der Waals surface area contributed by atoms with Gasteiger partial charge in [0, 0.05) is 35.6 Å². The first kappa shape index (κ1) is 12.1. The highest BCUT2D eigenvalue weighted by Gasteiger charge is 1.97. The highest BCUT2D eigenvalue weighted by atomic mass is 14.9. The quantitative estimate of drug-likeness (QED) is 0.612. The van der Waals surface area contributed by atoms with Crippen LogP contribution in [-0.4, -0.2) is 0 Å². The molecular formula is C14H18N4+2. The van der Waals surface area contributed by atoms with Crippen molar-refractivity contribution < 1.29 is 9.13 Å². The zero-order valence-electron chi connectivity index (χ0n) is 10.2. The molecule has 0 saturated carbocycles. The molecule has 0 radical (unpaired) electrons. The van der Waals surface area contributed by atoms with E-state index in [1.165, 1.54) is 0 Å². The van der Waals surface area contributed by atoms with Crippen LogP contribution in [0.15, 0.2) is 61.2 Å². The van der Waals surface area contributed by atoms with Crippen LogP contribution in [0.1, 0.15) is 0 Å². The minimum atomic E-state index is 0.785. The van der Waals surface area contributed by atoms with E-state index in [-0.39, 0.29) is 0 Å². The maximum atomic E-state index is 5.62. The van der Waals surface area contributed by atoms with Crippen molar-refractivity contribution in [3.05, 3.63) is 61.2 Å². The summed E-state index contributed by atoms with van der Waals surface area (Å²) >= 11 is 0. The van der Waals surface area contributed by atoms with Crippen molar-refractivity contribution in [2.75, 3.05) is 11.5 Å². The van der Waals surface area contributed by atoms with Crippen molar-refractivity contribution in [3.8, 4) is 0 Å². The number of nitrogen functional groups attached to an aromatic ring is 2. The van der Waals surface area contributed by atoms with Gasteiger partial charge in [-0.2, -0.15) is 0 Å². The molecule has 0 aliphatic rings. The summed E-state index contributed by atoms with van der Waals surface area (Å²) in [6.45, 7) is 1.69. The van der Waals surface area contributed by atoms with E-state index < -0.39 is 0 Å². The number of nitrogens with zero attached hydrogens (tertiary/aromatic N) is 2. The van der Waals surface area contributed by atoms with Crippen LogP contribution in [0.25, 0.3) is 0 Å². The number of pyridine rings is 2. The predicted octanol–water partition coefficient (Wildman–Crippen LogP) is 0.682. The van der Waals surface area contributed by atoms with Crippen molar-refractivity contribution in [1.29, 1.82) is 0 Å². The lowest BCUT2D eigenvalue weighted by Gasteiger charge is -1.93. The maximum absolute atomic E-state index is 5.62. The van der Waals surface area contributed by atoms with Crippen LogP contribution in [0.3, 0.4) is 0 Å². The topological polar surface area (TPSA) is 59.8 Å². The first-order chi connectivity index (χ1) is 8.74. The lowest BCUT2D eigenvalue weighted by Crippen LogP contribution is -2.33. The molecule has 0 bridgehead atoms. The van der Waals surface area contributed by atoms with E-state index in [1.54, 1.807) is 0 Å². The second-order valence-corrected chi connectivity index (χ2v) is 4.13. The van der Waals surface area contributed by atoms with Gasteiger partial charge in [0.2, 0.25) is 0 Å². The molecule has 2 aromatic heterocycles. The number of aromatic nitrogens is 2. The molecule has 0 aliphatic heterocycles. The molecule has 4 N–H and O–H groups in total. The fraction of sp³-hybridized carbons (Fsp3) is 0.143. The number of hydrogen-bond donors (Lipinski definition) is 2. The molecule has 18 heavy (non-hydrogen) atoms. The summed E-state index contributed by atoms with van der Waals surface area (Å²) in [4.78, 5) is 0. The smallest absolute Gasteiger partial charge is 0.171 e. The van der Waals surface area contributed by atoms with Crippen molar-refractivity contribution in [2.24, 2.45) is 0 Å². The third kappa shape index (κ3) is 3.59. The van der Waals surface area contributed by atoms with Crippen LogP contribution >= 0.6 is 0 Å². The minimum absolute atomic E-state index is 0.785. The number of anilines is 2. The van der Waals surface area contributed by atoms with E-state index >= 15 is 0 Å². The predicted molar refractivity (Wildman–Crippen MR) is 71.2 cm³/mol. The summed E-state index contributed by atoms with van der Waals surface area (Å²) in [5.41, 5.74) is 12.8. The molecule has 2 rings (SSSR count). The van der Waals surface area contributed by atoms with Gasteiger partial charge in [0.25, 0.3) is 0 Å².